The number of carbonyl (C=O) groups excluding carboxylic acids is 1. The van der Waals surface area contributed by atoms with Gasteiger partial charge in [-0.15, -0.1) is 9.24 Å². The summed E-state index contributed by atoms with van der Waals surface area (Å²) in [5, 5.41) is 3.33. The van der Waals surface area contributed by atoms with Crippen LogP contribution in [0, 0.1) is 5.82 Å². The summed E-state index contributed by atoms with van der Waals surface area (Å²) in [4.78, 5) is 41.6. The SMILES string of the molecule is CC.C[C@@H]1CN(C(=O)Nc2ccc(P)cc2F)CCN1c1nc(-c2ccncn2)cc(=O)n1C. The first-order valence-corrected chi connectivity index (χ1v) is 11.6. The van der Waals surface area contributed by atoms with Crippen molar-refractivity contribution in [1.82, 2.24) is 24.4 Å². The van der Waals surface area contributed by atoms with Crippen LogP contribution >= 0.6 is 9.24 Å². The molecule has 2 amide bonds. The molecule has 180 valence electrons. The van der Waals surface area contributed by atoms with Gasteiger partial charge in [0, 0.05) is 45.0 Å². The Kier molecular flexibility index (Phi) is 8.28. The van der Waals surface area contributed by atoms with Crippen LogP contribution in [0.15, 0.2) is 47.7 Å². The van der Waals surface area contributed by atoms with Gasteiger partial charge in [0.05, 0.1) is 17.1 Å². The van der Waals surface area contributed by atoms with Crippen molar-refractivity contribution in [1.29, 1.82) is 0 Å². The van der Waals surface area contributed by atoms with E-state index < -0.39 is 5.82 Å². The van der Waals surface area contributed by atoms with Crippen LogP contribution in [0.4, 0.5) is 20.8 Å². The molecule has 0 spiro atoms. The molecule has 1 fully saturated rings. The van der Waals surface area contributed by atoms with Gasteiger partial charge in [-0.1, -0.05) is 19.9 Å². The molecule has 3 heterocycles. The molecule has 2 atom stereocenters. The van der Waals surface area contributed by atoms with Crippen molar-refractivity contribution in [2.45, 2.75) is 26.8 Å². The molecule has 1 aliphatic heterocycles. The lowest BCUT2D eigenvalue weighted by atomic mass is 10.2. The van der Waals surface area contributed by atoms with E-state index in [1.165, 1.54) is 29.1 Å². The van der Waals surface area contributed by atoms with E-state index in [2.05, 4.69) is 29.5 Å². The first-order valence-electron chi connectivity index (χ1n) is 11.1. The molecule has 4 rings (SSSR count). The molecular weight excluding hydrogens is 456 g/mol. The van der Waals surface area contributed by atoms with E-state index in [9.17, 15) is 14.0 Å². The number of piperazine rings is 1. The van der Waals surface area contributed by atoms with Gasteiger partial charge in [-0.2, -0.15) is 0 Å². The van der Waals surface area contributed by atoms with Gasteiger partial charge in [-0.05, 0) is 30.4 Å². The molecule has 34 heavy (non-hydrogen) atoms. The van der Waals surface area contributed by atoms with Crippen LogP contribution in [0.2, 0.25) is 0 Å². The van der Waals surface area contributed by atoms with E-state index in [0.29, 0.717) is 42.3 Å². The molecular formula is C23H29FN7O2P. The summed E-state index contributed by atoms with van der Waals surface area (Å²) in [6.07, 6.45) is 3.00. The van der Waals surface area contributed by atoms with E-state index in [-0.39, 0.29) is 23.3 Å². The molecule has 0 radical (unpaired) electrons. The summed E-state index contributed by atoms with van der Waals surface area (Å²) >= 11 is 0. The minimum Gasteiger partial charge on any atom is -0.336 e. The highest BCUT2D eigenvalue weighted by Crippen LogP contribution is 2.21. The Morgan fingerprint density at radius 2 is 1.94 bits per heavy atom. The summed E-state index contributed by atoms with van der Waals surface area (Å²) in [6.45, 7) is 7.21. The quantitative estimate of drug-likeness (QED) is 0.573. The Balaban J connectivity index is 0.00000158. The molecule has 3 aromatic rings. The number of halogens is 1. The molecule has 1 saturated heterocycles. The number of carbonyl (C=O) groups is 1. The number of urea groups is 1. The highest BCUT2D eigenvalue weighted by molar-refractivity contribution is 7.27. The molecule has 11 heteroatoms. The molecule has 1 aromatic carbocycles. The fourth-order valence-electron chi connectivity index (χ4n) is 3.62. The molecule has 0 saturated carbocycles. The van der Waals surface area contributed by atoms with Gasteiger partial charge < -0.3 is 15.1 Å². The number of rotatable bonds is 3. The number of benzene rings is 1. The largest absolute Gasteiger partial charge is 0.336 e. The minimum absolute atomic E-state index is 0.118. The van der Waals surface area contributed by atoms with Crippen molar-refractivity contribution in [2.75, 3.05) is 29.9 Å². The molecule has 0 bridgehead atoms. The van der Waals surface area contributed by atoms with Crippen LogP contribution in [0.25, 0.3) is 11.4 Å². The zero-order chi connectivity index (χ0) is 24.8. The highest BCUT2D eigenvalue weighted by atomic mass is 31.0. The first-order chi connectivity index (χ1) is 16.3. The van der Waals surface area contributed by atoms with Crippen molar-refractivity contribution < 1.29 is 9.18 Å². The van der Waals surface area contributed by atoms with Crippen LogP contribution in [0.3, 0.4) is 0 Å². The zero-order valence-electron chi connectivity index (χ0n) is 19.7. The minimum atomic E-state index is -0.488. The van der Waals surface area contributed by atoms with Gasteiger partial charge in [0.25, 0.3) is 5.56 Å². The number of hydrogen-bond acceptors (Lipinski definition) is 6. The highest BCUT2D eigenvalue weighted by Gasteiger charge is 2.29. The first kappa shape index (κ1) is 25.2. The third-order valence-electron chi connectivity index (χ3n) is 5.36. The third kappa shape index (κ3) is 5.56. The van der Waals surface area contributed by atoms with Crippen LogP contribution in [-0.2, 0) is 7.05 Å². The number of anilines is 2. The Bertz CT molecular complexity index is 1210. The smallest absolute Gasteiger partial charge is 0.322 e. The van der Waals surface area contributed by atoms with Crippen LogP contribution in [0.5, 0.6) is 0 Å². The monoisotopic (exact) mass is 485 g/mol. The topological polar surface area (TPSA) is 96.2 Å². The van der Waals surface area contributed by atoms with Crippen LogP contribution < -0.4 is 21.1 Å². The van der Waals surface area contributed by atoms with E-state index >= 15 is 0 Å². The maximum Gasteiger partial charge on any atom is 0.322 e. The Morgan fingerprint density at radius 1 is 1.18 bits per heavy atom. The van der Waals surface area contributed by atoms with Crippen molar-refractivity contribution in [3.05, 3.63) is 59.0 Å². The van der Waals surface area contributed by atoms with Crippen molar-refractivity contribution in [2.24, 2.45) is 7.05 Å². The molecule has 9 nitrogen and oxygen atoms in total. The second kappa shape index (κ2) is 11.2. The fraction of sp³-hybridized carbons (Fsp3) is 0.348. The lowest BCUT2D eigenvalue weighted by Crippen LogP contribution is -2.56. The summed E-state index contributed by atoms with van der Waals surface area (Å²) in [5.41, 5.74) is 0.955. The van der Waals surface area contributed by atoms with Gasteiger partial charge in [-0.3, -0.25) is 9.36 Å². The second-order valence-corrected chi connectivity index (χ2v) is 8.26. The Morgan fingerprint density at radius 3 is 2.59 bits per heavy atom. The van der Waals surface area contributed by atoms with Crippen LogP contribution in [0.1, 0.15) is 20.8 Å². The average molecular weight is 486 g/mol. The van der Waals surface area contributed by atoms with Gasteiger partial charge >= 0.3 is 6.03 Å². The number of nitrogens with one attached hydrogen (secondary N) is 1. The Labute approximate surface area is 200 Å². The lowest BCUT2D eigenvalue weighted by Gasteiger charge is -2.40. The predicted octanol–water partition coefficient (Wildman–Crippen LogP) is 2.65. The normalized spacial score (nSPS) is 15.4. The van der Waals surface area contributed by atoms with Crippen molar-refractivity contribution in [3.8, 4) is 11.4 Å². The molecule has 1 N–H and O–H groups in total. The van der Waals surface area contributed by atoms with Gasteiger partial charge in [-0.25, -0.2) is 24.1 Å². The van der Waals surface area contributed by atoms with Crippen molar-refractivity contribution >= 4 is 32.2 Å². The summed E-state index contributed by atoms with van der Waals surface area (Å²) in [5.74, 6) is 0.0130. The average Bonchev–Trinajstić information content (AvgIpc) is 2.84. The molecule has 0 aliphatic carbocycles. The van der Waals surface area contributed by atoms with Crippen molar-refractivity contribution in [3.63, 3.8) is 0 Å². The number of aromatic nitrogens is 4. The maximum absolute atomic E-state index is 14.1. The van der Waals surface area contributed by atoms with Gasteiger partial charge in [0.1, 0.15) is 12.1 Å². The number of hydrogen-bond donors (Lipinski definition) is 1. The van der Waals surface area contributed by atoms with Gasteiger partial charge in [0.2, 0.25) is 5.95 Å². The molecule has 1 aliphatic rings. The number of amides is 2. The molecule has 1 unspecified atom stereocenters. The van der Waals surface area contributed by atoms with E-state index in [4.69, 9.17) is 0 Å². The zero-order valence-corrected chi connectivity index (χ0v) is 20.8. The Hall–Kier alpha value is -3.39. The molecule has 2 aromatic heterocycles. The summed E-state index contributed by atoms with van der Waals surface area (Å²) in [6, 6.07) is 7.23. The van der Waals surface area contributed by atoms with E-state index in [0.717, 1.165) is 0 Å². The standard InChI is InChI=1S/C21H23FN7O2P.C2H6/c1-13-11-28(21(31)26-16-4-3-14(32)9-15(16)22)7-8-29(13)20-25-18(10-19(30)27(20)2)17-5-6-23-12-24-17;1-2/h3-6,9-10,12-13H,7-8,11,32H2,1-2H3,(H,26,31);1-2H3/t13-;/m1./s1. The predicted molar refractivity (Wildman–Crippen MR) is 135 cm³/mol. The maximum atomic E-state index is 14.1. The van der Waals surface area contributed by atoms with Crippen LogP contribution in [-0.4, -0.2) is 56.1 Å². The summed E-state index contributed by atoms with van der Waals surface area (Å²) < 4.78 is 15.6. The third-order valence-corrected chi connectivity index (χ3v) is 5.72. The van der Waals surface area contributed by atoms with E-state index in [1.807, 2.05) is 25.7 Å². The second-order valence-electron chi connectivity index (χ2n) is 7.59. The van der Waals surface area contributed by atoms with Gasteiger partial charge in [0.15, 0.2) is 0 Å². The lowest BCUT2D eigenvalue weighted by molar-refractivity contribution is 0.199. The summed E-state index contributed by atoms with van der Waals surface area (Å²) in [7, 11) is 4.08. The number of nitrogens with zero attached hydrogens (tertiary/aromatic N) is 6. The van der Waals surface area contributed by atoms with E-state index in [1.54, 1.807) is 30.3 Å². The fourth-order valence-corrected chi connectivity index (χ4v) is 3.87.